The Morgan fingerprint density at radius 2 is 1.78 bits per heavy atom. The van der Waals surface area contributed by atoms with E-state index in [9.17, 15) is 0 Å². The first-order valence-electron chi connectivity index (χ1n) is 8.56. The molecule has 126 valence electrons. The second-order valence-corrected chi connectivity index (χ2v) is 8.27. The molecule has 0 bridgehead atoms. The summed E-state index contributed by atoms with van der Waals surface area (Å²) in [6.45, 7) is 22.7. The molecule has 0 unspecified atom stereocenters. The monoisotopic (exact) mass is 312 g/mol. The Labute approximate surface area is 143 Å². The molecule has 0 fully saturated rings. The summed E-state index contributed by atoms with van der Waals surface area (Å²) in [4.78, 5) is 0. The fourth-order valence-electron chi connectivity index (χ4n) is 2.56. The molecule has 23 heavy (non-hydrogen) atoms. The molecule has 0 saturated carbocycles. The highest BCUT2D eigenvalue weighted by Crippen LogP contribution is 2.30. The molecule has 1 aromatic rings. The molecule has 0 spiro atoms. The quantitative estimate of drug-likeness (QED) is 0.485. The van der Waals surface area contributed by atoms with Crippen LogP contribution >= 0.6 is 0 Å². The van der Waals surface area contributed by atoms with E-state index in [1.807, 2.05) is 6.08 Å². The van der Waals surface area contributed by atoms with E-state index < -0.39 is 0 Å². The van der Waals surface area contributed by atoms with E-state index in [1.165, 1.54) is 22.4 Å². The van der Waals surface area contributed by atoms with E-state index in [0.717, 1.165) is 6.54 Å². The van der Waals surface area contributed by atoms with Crippen molar-refractivity contribution in [3.05, 3.63) is 60.0 Å². The average molecular weight is 313 g/mol. The van der Waals surface area contributed by atoms with Gasteiger partial charge >= 0.3 is 0 Å². The van der Waals surface area contributed by atoms with Crippen LogP contribution in [0.3, 0.4) is 0 Å². The number of rotatable bonds is 4. The van der Waals surface area contributed by atoms with Gasteiger partial charge in [0.2, 0.25) is 5.69 Å². The van der Waals surface area contributed by atoms with Crippen molar-refractivity contribution in [2.45, 2.75) is 67.3 Å². The number of nitrogens with zero attached hydrogens (tertiary/aromatic N) is 1. The van der Waals surface area contributed by atoms with Gasteiger partial charge in [-0.2, -0.15) is 4.57 Å². The van der Waals surface area contributed by atoms with Crippen LogP contribution in [-0.4, -0.2) is 0 Å². The van der Waals surface area contributed by atoms with Crippen LogP contribution in [0, 0.1) is 5.41 Å². The number of pyridine rings is 1. The minimum atomic E-state index is 0.105. The maximum absolute atomic E-state index is 3.86. The van der Waals surface area contributed by atoms with Crippen LogP contribution in [0.25, 0.3) is 5.57 Å². The smallest absolute Gasteiger partial charge is 0.199 e. The molecule has 0 radical (unpaired) electrons. The standard InChI is InChI=1S/C22H34N/c1-10-12-18(21(4,5)6)15-17(3)20-16-19(22(7,8)9)13-14-23(20)11-2/h10,12-16H,1,11H2,2-9H3/q+1/b17-15+,18-12+. The Morgan fingerprint density at radius 1 is 1.17 bits per heavy atom. The van der Waals surface area contributed by atoms with E-state index in [0.29, 0.717) is 0 Å². The van der Waals surface area contributed by atoms with Crippen molar-refractivity contribution in [2.75, 3.05) is 0 Å². The third kappa shape index (κ3) is 5.20. The number of hydrogen-bond donors (Lipinski definition) is 0. The number of allylic oxidation sites excluding steroid dienone is 5. The lowest BCUT2D eigenvalue weighted by molar-refractivity contribution is -0.695. The van der Waals surface area contributed by atoms with Crippen LogP contribution in [0.1, 0.15) is 66.6 Å². The van der Waals surface area contributed by atoms with Gasteiger partial charge in [0.15, 0.2) is 6.20 Å². The minimum absolute atomic E-state index is 0.105. The van der Waals surface area contributed by atoms with E-state index in [-0.39, 0.29) is 10.8 Å². The predicted octanol–water partition coefficient (Wildman–Crippen LogP) is 5.85. The Morgan fingerprint density at radius 3 is 2.22 bits per heavy atom. The van der Waals surface area contributed by atoms with Crippen molar-refractivity contribution in [2.24, 2.45) is 5.41 Å². The highest BCUT2D eigenvalue weighted by atomic mass is 14.9. The molecule has 0 saturated heterocycles. The van der Waals surface area contributed by atoms with Gasteiger partial charge in [0.1, 0.15) is 6.54 Å². The van der Waals surface area contributed by atoms with Gasteiger partial charge in [-0.1, -0.05) is 60.3 Å². The molecule has 0 amide bonds. The number of hydrogen-bond acceptors (Lipinski definition) is 0. The van der Waals surface area contributed by atoms with Crippen LogP contribution < -0.4 is 4.57 Å². The molecule has 0 atom stereocenters. The van der Waals surface area contributed by atoms with Crippen molar-refractivity contribution in [3.63, 3.8) is 0 Å². The Kier molecular flexibility index (Phi) is 6.16. The molecule has 0 N–H and O–H groups in total. The van der Waals surface area contributed by atoms with Crippen LogP contribution in [0.2, 0.25) is 0 Å². The molecule has 1 heteroatoms. The molecule has 0 aromatic carbocycles. The third-order valence-corrected chi connectivity index (χ3v) is 4.18. The second kappa shape index (κ2) is 7.29. The largest absolute Gasteiger partial charge is 0.208 e. The Hall–Kier alpha value is -1.63. The van der Waals surface area contributed by atoms with Crippen molar-refractivity contribution >= 4 is 5.57 Å². The zero-order chi connectivity index (χ0) is 17.8. The zero-order valence-electron chi connectivity index (χ0n) is 16.3. The molecule has 0 aliphatic heterocycles. The van der Waals surface area contributed by atoms with Gasteiger partial charge in [-0.3, -0.25) is 0 Å². The summed E-state index contributed by atoms with van der Waals surface area (Å²) in [5, 5.41) is 0. The van der Waals surface area contributed by atoms with Gasteiger partial charge in [0, 0.05) is 17.7 Å². The van der Waals surface area contributed by atoms with Gasteiger partial charge < -0.3 is 0 Å². The SMILES string of the molecule is C=C/C=C(\C=C(/C)c1cc(C(C)(C)C)cc[n+]1CC)C(C)(C)C. The topological polar surface area (TPSA) is 3.88 Å². The first-order chi connectivity index (χ1) is 10.5. The van der Waals surface area contributed by atoms with Gasteiger partial charge in [0.25, 0.3) is 0 Å². The lowest BCUT2D eigenvalue weighted by atomic mass is 9.84. The first-order valence-corrected chi connectivity index (χ1v) is 8.56. The van der Waals surface area contributed by atoms with Gasteiger partial charge in [-0.25, -0.2) is 0 Å². The molecule has 1 heterocycles. The van der Waals surface area contributed by atoms with Gasteiger partial charge in [0.05, 0.1) is 0 Å². The third-order valence-electron chi connectivity index (χ3n) is 4.18. The molecular formula is C22H34N+. The highest BCUT2D eigenvalue weighted by molar-refractivity contribution is 5.63. The maximum atomic E-state index is 3.86. The molecule has 0 aliphatic rings. The Bertz CT molecular complexity index is 616. The van der Waals surface area contributed by atoms with Crippen LogP contribution in [0.5, 0.6) is 0 Å². The van der Waals surface area contributed by atoms with E-state index >= 15 is 0 Å². The van der Waals surface area contributed by atoms with E-state index in [2.05, 4.69) is 97.0 Å². The van der Waals surface area contributed by atoms with Crippen molar-refractivity contribution in [3.8, 4) is 0 Å². The summed E-state index contributed by atoms with van der Waals surface area (Å²) < 4.78 is 2.31. The fraction of sp³-hybridized carbons (Fsp3) is 0.500. The lowest BCUT2D eigenvalue weighted by Crippen LogP contribution is -2.37. The summed E-state index contributed by atoms with van der Waals surface area (Å²) in [5.74, 6) is 0. The lowest BCUT2D eigenvalue weighted by Gasteiger charge is -2.21. The van der Waals surface area contributed by atoms with Crippen molar-refractivity contribution in [1.82, 2.24) is 0 Å². The summed E-state index contributed by atoms with van der Waals surface area (Å²) in [6, 6.07) is 4.58. The normalized spacial score (nSPS) is 14.1. The summed E-state index contributed by atoms with van der Waals surface area (Å²) >= 11 is 0. The summed E-state index contributed by atoms with van der Waals surface area (Å²) in [7, 11) is 0. The fourth-order valence-corrected chi connectivity index (χ4v) is 2.56. The van der Waals surface area contributed by atoms with Crippen molar-refractivity contribution in [1.29, 1.82) is 0 Å². The highest BCUT2D eigenvalue weighted by Gasteiger charge is 2.21. The second-order valence-electron chi connectivity index (χ2n) is 8.27. The first kappa shape index (κ1) is 19.4. The average Bonchev–Trinajstić information content (AvgIpc) is 2.44. The Balaban J connectivity index is 3.45. The summed E-state index contributed by atoms with van der Waals surface area (Å²) in [5.41, 5.74) is 5.52. The molecule has 1 aromatic heterocycles. The number of aryl methyl sites for hydroxylation is 1. The van der Waals surface area contributed by atoms with Crippen LogP contribution in [0.4, 0.5) is 0 Å². The van der Waals surface area contributed by atoms with Crippen LogP contribution in [-0.2, 0) is 12.0 Å². The van der Waals surface area contributed by atoms with Crippen LogP contribution in [0.15, 0.2) is 48.7 Å². The maximum Gasteiger partial charge on any atom is 0.208 e. The number of aromatic nitrogens is 1. The summed E-state index contributed by atoms with van der Waals surface area (Å²) in [6.07, 6.45) is 8.51. The van der Waals surface area contributed by atoms with E-state index in [1.54, 1.807) is 0 Å². The van der Waals surface area contributed by atoms with E-state index in [4.69, 9.17) is 0 Å². The molecule has 1 rings (SSSR count). The van der Waals surface area contributed by atoms with Gasteiger partial charge in [-0.15, -0.1) is 0 Å². The van der Waals surface area contributed by atoms with Gasteiger partial charge in [-0.05, 0) is 41.9 Å². The molecular weight excluding hydrogens is 278 g/mol. The predicted molar refractivity (Wildman–Crippen MR) is 102 cm³/mol. The minimum Gasteiger partial charge on any atom is -0.199 e. The zero-order valence-corrected chi connectivity index (χ0v) is 16.3. The molecule has 1 nitrogen and oxygen atoms in total. The molecule has 0 aliphatic carbocycles. The van der Waals surface area contributed by atoms with Crippen molar-refractivity contribution < 1.29 is 4.57 Å².